The molecule has 6 nitrogen and oxygen atoms in total. The average Bonchev–Trinajstić information content (AvgIpc) is 2.92. The van der Waals surface area contributed by atoms with Gasteiger partial charge in [0.05, 0.1) is 0 Å². The molecule has 2 aliphatic rings. The molecule has 38 heavy (non-hydrogen) atoms. The number of likely N-dealkylation sites (tertiary alicyclic amines) is 2. The van der Waals surface area contributed by atoms with Gasteiger partial charge in [0.1, 0.15) is 5.60 Å². The van der Waals surface area contributed by atoms with Crippen molar-refractivity contribution in [3.05, 3.63) is 60.7 Å². The summed E-state index contributed by atoms with van der Waals surface area (Å²) >= 11 is 3.78. The van der Waals surface area contributed by atoms with E-state index in [-0.39, 0.29) is 6.09 Å². The molecule has 0 radical (unpaired) electrons. The van der Waals surface area contributed by atoms with Crippen LogP contribution in [0.25, 0.3) is 0 Å². The third kappa shape index (κ3) is 11.2. The van der Waals surface area contributed by atoms with E-state index in [1.807, 2.05) is 61.3 Å². The maximum Gasteiger partial charge on any atom is 0.410 e. The van der Waals surface area contributed by atoms with Crippen molar-refractivity contribution in [2.24, 2.45) is 11.8 Å². The molecule has 2 heterocycles. The summed E-state index contributed by atoms with van der Waals surface area (Å²) in [5.74, 6) is 3.56. The second-order valence-electron chi connectivity index (χ2n) is 10.9. The van der Waals surface area contributed by atoms with Crippen molar-refractivity contribution in [3.63, 3.8) is 0 Å². The van der Waals surface area contributed by atoms with Gasteiger partial charge in [-0.3, -0.25) is 0 Å². The van der Waals surface area contributed by atoms with E-state index < -0.39 is 11.7 Å². The van der Waals surface area contributed by atoms with Gasteiger partial charge in [-0.15, -0.1) is 23.5 Å². The number of piperidine rings is 2. The number of thioether (sulfide) groups is 2. The van der Waals surface area contributed by atoms with Gasteiger partial charge in [0.25, 0.3) is 0 Å². The average molecular weight is 559 g/mol. The lowest BCUT2D eigenvalue weighted by Gasteiger charge is -2.33. The highest BCUT2D eigenvalue weighted by atomic mass is 32.2. The zero-order chi connectivity index (χ0) is 27.4. The summed E-state index contributed by atoms with van der Waals surface area (Å²) in [6, 6.07) is 20.9. The lowest BCUT2D eigenvalue weighted by atomic mass is 9.99. The van der Waals surface area contributed by atoms with Gasteiger partial charge in [0.15, 0.2) is 0 Å². The fourth-order valence-electron chi connectivity index (χ4n) is 4.36. The summed E-state index contributed by atoms with van der Waals surface area (Å²) < 4.78 is 5.42. The molecule has 0 aliphatic carbocycles. The van der Waals surface area contributed by atoms with Crippen molar-refractivity contribution in [2.75, 3.05) is 37.7 Å². The van der Waals surface area contributed by atoms with Gasteiger partial charge < -0.3 is 19.6 Å². The Balaban J connectivity index is 0.000000215. The van der Waals surface area contributed by atoms with Crippen molar-refractivity contribution in [2.45, 2.75) is 61.8 Å². The van der Waals surface area contributed by atoms with Gasteiger partial charge in [0, 0.05) is 47.5 Å². The maximum atomic E-state index is 12.0. The zero-order valence-corrected chi connectivity index (χ0v) is 24.5. The van der Waals surface area contributed by atoms with Crippen LogP contribution >= 0.6 is 23.5 Å². The van der Waals surface area contributed by atoms with E-state index in [9.17, 15) is 9.59 Å². The van der Waals surface area contributed by atoms with Crippen LogP contribution in [-0.2, 0) is 4.74 Å². The van der Waals surface area contributed by atoms with E-state index in [0.717, 1.165) is 50.3 Å². The number of carbonyl (C=O) groups is 2. The summed E-state index contributed by atoms with van der Waals surface area (Å²) in [4.78, 5) is 28.7. The number of amides is 2. The molecule has 2 aliphatic heterocycles. The molecule has 2 saturated heterocycles. The van der Waals surface area contributed by atoms with Crippen molar-refractivity contribution in [1.29, 1.82) is 0 Å². The zero-order valence-electron chi connectivity index (χ0n) is 22.9. The Morgan fingerprint density at radius 1 is 0.763 bits per heavy atom. The SMILES string of the molecule is CC(C)(C)OC(=O)N1CCC(CSc2ccccc2)CC1.O=C(O)N1CCC(CSc2ccccc2)CC1. The quantitative estimate of drug-likeness (QED) is 0.368. The van der Waals surface area contributed by atoms with Crippen LogP contribution in [0.4, 0.5) is 9.59 Å². The van der Waals surface area contributed by atoms with Crippen molar-refractivity contribution < 1.29 is 19.4 Å². The largest absolute Gasteiger partial charge is 0.465 e. The first-order chi connectivity index (χ1) is 18.2. The van der Waals surface area contributed by atoms with Gasteiger partial charge >= 0.3 is 12.2 Å². The molecule has 2 amide bonds. The highest BCUT2D eigenvalue weighted by Gasteiger charge is 2.27. The van der Waals surface area contributed by atoms with E-state index in [1.54, 1.807) is 0 Å². The van der Waals surface area contributed by atoms with E-state index in [2.05, 4.69) is 48.5 Å². The lowest BCUT2D eigenvalue weighted by Crippen LogP contribution is -2.42. The molecule has 208 valence electrons. The van der Waals surface area contributed by atoms with E-state index >= 15 is 0 Å². The predicted molar refractivity (Wildman–Crippen MR) is 157 cm³/mol. The monoisotopic (exact) mass is 558 g/mol. The number of carbonyl (C=O) groups excluding carboxylic acids is 1. The molecule has 2 aromatic carbocycles. The van der Waals surface area contributed by atoms with E-state index in [4.69, 9.17) is 9.84 Å². The maximum absolute atomic E-state index is 12.0. The molecular formula is C30H42N2O4S2. The molecule has 0 atom stereocenters. The van der Waals surface area contributed by atoms with Crippen LogP contribution in [0.2, 0.25) is 0 Å². The van der Waals surface area contributed by atoms with Crippen molar-refractivity contribution in [3.8, 4) is 0 Å². The first-order valence-corrected chi connectivity index (χ1v) is 15.5. The van der Waals surface area contributed by atoms with Crippen LogP contribution in [0, 0.1) is 11.8 Å². The molecule has 0 unspecified atom stereocenters. The molecule has 2 aromatic rings. The van der Waals surface area contributed by atoms with Crippen LogP contribution in [0.3, 0.4) is 0 Å². The standard InChI is InChI=1S/C17H25NO2S.C13H17NO2S/c1-17(2,3)20-16(19)18-11-9-14(10-12-18)13-21-15-7-5-4-6-8-15;15-13(16)14-8-6-11(7-9-14)10-17-12-4-2-1-3-5-12/h4-8,14H,9-13H2,1-3H3;1-5,11H,6-10H2,(H,15,16). The van der Waals surface area contributed by atoms with Crippen LogP contribution in [-0.4, -0.2) is 70.4 Å². The molecule has 1 N–H and O–H groups in total. The number of hydrogen-bond acceptors (Lipinski definition) is 5. The fourth-order valence-corrected chi connectivity index (χ4v) is 6.58. The summed E-state index contributed by atoms with van der Waals surface area (Å²) in [5.41, 5.74) is -0.406. The molecule has 0 aromatic heterocycles. The van der Waals surface area contributed by atoms with Crippen LogP contribution in [0.5, 0.6) is 0 Å². The number of carboxylic acid groups (broad SMARTS) is 1. The minimum Gasteiger partial charge on any atom is -0.465 e. The van der Waals surface area contributed by atoms with Crippen LogP contribution < -0.4 is 0 Å². The first kappa shape index (κ1) is 30.2. The Morgan fingerprint density at radius 2 is 1.16 bits per heavy atom. The Morgan fingerprint density at radius 3 is 1.53 bits per heavy atom. The molecule has 4 rings (SSSR count). The topological polar surface area (TPSA) is 70.1 Å². The Hall–Kier alpha value is -2.32. The van der Waals surface area contributed by atoms with Crippen molar-refractivity contribution in [1.82, 2.24) is 9.80 Å². The summed E-state index contributed by atoms with van der Waals surface area (Å²) in [5, 5.41) is 8.85. The van der Waals surface area contributed by atoms with Gasteiger partial charge in [-0.2, -0.15) is 0 Å². The summed E-state index contributed by atoms with van der Waals surface area (Å²) in [6.07, 6.45) is 3.17. The minimum atomic E-state index is -0.779. The van der Waals surface area contributed by atoms with Gasteiger partial charge in [-0.25, -0.2) is 9.59 Å². The number of nitrogens with zero attached hydrogens (tertiary/aromatic N) is 2. The van der Waals surface area contributed by atoms with Crippen LogP contribution in [0.15, 0.2) is 70.5 Å². The number of ether oxygens (including phenoxy) is 1. The highest BCUT2D eigenvalue weighted by molar-refractivity contribution is 7.99. The van der Waals surface area contributed by atoms with Gasteiger partial charge in [-0.05, 0) is 82.6 Å². The Labute approximate surface area is 236 Å². The second kappa shape index (κ2) is 15.3. The Kier molecular flexibility index (Phi) is 12.2. The predicted octanol–water partition coefficient (Wildman–Crippen LogP) is 7.59. The number of hydrogen-bond donors (Lipinski definition) is 1. The molecule has 0 spiro atoms. The van der Waals surface area contributed by atoms with Crippen LogP contribution in [0.1, 0.15) is 46.5 Å². The van der Waals surface area contributed by atoms with Gasteiger partial charge in [0.2, 0.25) is 0 Å². The minimum absolute atomic E-state index is 0.170. The smallest absolute Gasteiger partial charge is 0.410 e. The van der Waals surface area contributed by atoms with Gasteiger partial charge in [-0.1, -0.05) is 36.4 Å². The summed E-state index contributed by atoms with van der Waals surface area (Å²) in [6.45, 7) is 8.74. The molecular weight excluding hydrogens is 516 g/mol. The molecule has 2 fully saturated rings. The molecule has 8 heteroatoms. The third-order valence-corrected chi connectivity index (χ3v) is 9.10. The van der Waals surface area contributed by atoms with E-state index in [1.165, 1.54) is 14.7 Å². The normalized spacial score (nSPS) is 16.9. The third-order valence-electron chi connectivity index (χ3n) is 6.61. The Bertz CT molecular complexity index is 969. The summed E-state index contributed by atoms with van der Waals surface area (Å²) in [7, 11) is 0. The second-order valence-corrected chi connectivity index (χ2v) is 13.1. The first-order valence-electron chi connectivity index (χ1n) is 13.5. The lowest BCUT2D eigenvalue weighted by molar-refractivity contribution is 0.0191. The van der Waals surface area contributed by atoms with E-state index in [0.29, 0.717) is 24.9 Å². The highest BCUT2D eigenvalue weighted by Crippen LogP contribution is 2.28. The van der Waals surface area contributed by atoms with Crippen molar-refractivity contribution >= 4 is 35.7 Å². The number of benzene rings is 2. The molecule has 0 bridgehead atoms. The number of rotatable bonds is 6. The molecule has 0 saturated carbocycles. The fraction of sp³-hybridized carbons (Fsp3) is 0.533.